The largest absolute Gasteiger partial charge is 0.465 e. The van der Waals surface area contributed by atoms with Crippen molar-refractivity contribution in [2.75, 3.05) is 11.9 Å². The van der Waals surface area contributed by atoms with Crippen molar-refractivity contribution in [2.24, 2.45) is 5.73 Å². The minimum absolute atomic E-state index is 0.00652. The first-order valence-corrected chi connectivity index (χ1v) is 18.5. The maximum atomic E-state index is 14.3. The lowest BCUT2D eigenvalue weighted by Crippen LogP contribution is -2.18. The molecule has 21 heteroatoms. The molecule has 0 saturated carbocycles. The SMILES string of the molecule is CCOc1nc(=O)c2cc(Oc3ncccc3C(F)(F)F)ccc2n1Cc1ccc(F)cc1F.NC(=O)c1cc(Oc2ncccc2C(F)(F)F)ccc1NCc1ccc(F)cc1F. The summed E-state index contributed by atoms with van der Waals surface area (Å²) in [6.45, 7) is 1.58. The number of carbonyl (C=O) groups is 1. The summed E-state index contributed by atoms with van der Waals surface area (Å²) in [7, 11) is 0. The quantitative estimate of drug-likeness (QED) is 0.115. The molecule has 7 rings (SSSR count). The third-order valence-electron chi connectivity index (χ3n) is 8.86. The maximum Gasteiger partial charge on any atom is 0.421 e. The number of aromatic nitrogens is 4. The van der Waals surface area contributed by atoms with Crippen LogP contribution in [0.15, 0.2) is 114 Å². The second kappa shape index (κ2) is 19.1. The van der Waals surface area contributed by atoms with Crippen LogP contribution in [0, 0.1) is 23.3 Å². The lowest BCUT2D eigenvalue weighted by molar-refractivity contribution is -0.139. The Labute approximate surface area is 354 Å². The van der Waals surface area contributed by atoms with Crippen LogP contribution in [0.2, 0.25) is 0 Å². The Morgan fingerprint density at radius 1 is 0.719 bits per heavy atom. The number of nitrogens with zero attached hydrogens (tertiary/aromatic N) is 4. The Bertz CT molecular complexity index is 2890. The number of benzene rings is 4. The molecule has 64 heavy (non-hydrogen) atoms. The van der Waals surface area contributed by atoms with Crippen LogP contribution in [0.4, 0.5) is 49.6 Å². The Morgan fingerprint density at radius 3 is 1.80 bits per heavy atom. The topological polar surface area (TPSA) is 143 Å². The predicted octanol–water partition coefficient (Wildman–Crippen LogP) is 10.2. The molecule has 0 atom stereocenters. The molecule has 0 radical (unpaired) electrons. The summed E-state index contributed by atoms with van der Waals surface area (Å²) in [6.07, 6.45) is -7.10. The third kappa shape index (κ3) is 11.0. The van der Waals surface area contributed by atoms with Gasteiger partial charge < -0.3 is 25.3 Å². The second-order valence-electron chi connectivity index (χ2n) is 13.2. The van der Waals surface area contributed by atoms with E-state index in [1.165, 1.54) is 47.0 Å². The Kier molecular flexibility index (Phi) is 13.7. The van der Waals surface area contributed by atoms with Crippen molar-refractivity contribution in [3.8, 4) is 29.3 Å². The highest BCUT2D eigenvalue weighted by molar-refractivity contribution is 5.99. The number of carbonyl (C=O) groups excluding carboxylic acids is 1. The number of nitrogens with two attached hydrogens (primary N) is 1. The molecule has 0 aliphatic carbocycles. The number of alkyl halides is 6. The number of halogens is 10. The Morgan fingerprint density at radius 2 is 1.27 bits per heavy atom. The van der Waals surface area contributed by atoms with E-state index in [4.69, 9.17) is 19.9 Å². The molecule has 7 aromatic rings. The lowest BCUT2D eigenvalue weighted by Gasteiger charge is -2.17. The molecule has 0 saturated heterocycles. The summed E-state index contributed by atoms with van der Waals surface area (Å²) in [4.78, 5) is 35.5. The van der Waals surface area contributed by atoms with Crippen LogP contribution in [0.25, 0.3) is 10.9 Å². The molecule has 0 spiro atoms. The number of amides is 1. The molecule has 11 nitrogen and oxygen atoms in total. The molecule has 3 N–H and O–H groups in total. The molecule has 0 fully saturated rings. The highest BCUT2D eigenvalue weighted by Gasteiger charge is 2.36. The van der Waals surface area contributed by atoms with Gasteiger partial charge in [0.15, 0.2) is 0 Å². The molecule has 332 valence electrons. The highest BCUT2D eigenvalue weighted by atomic mass is 19.4. The van der Waals surface area contributed by atoms with E-state index in [1.807, 2.05) is 0 Å². The van der Waals surface area contributed by atoms with Crippen LogP contribution in [0.1, 0.15) is 39.5 Å². The van der Waals surface area contributed by atoms with Crippen LogP contribution in [-0.4, -0.2) is 32.0 Å². The number of rotatable bonds is 12. The van der Waals surface area contributed by atoms with E-state index in [0.29, 0.717) is 6.07 Å². The number of fused-ring (bicyclic) bond motifs is 1. The van der Waals surface area contributed by atoms with Gasteiger partial charge in [-0.25, -0.2) is 27.5 Å². The van der Waals surface area contributed by atoms with Gasteiger partial charge in [0.25, 0.3) is 17.5 Å². The van der Waals surface area contributed by atoms with Crippen LogP contribution in [0.3, 0.4) is 0 Å². The van der Waals surface area contributed by atoms with Gasteiger partial charge >= 0.3 is 12.4 Å². The number of hydrogen-bond acceptors (Lipinski definition) is 9. The first-order chi connectivity index (χ1) is 30.3. The van der Waals surface area contributed by atoms with Crippen molar-refractivity contribution in [1.82, 2.24) is 19.5 Å². The molecule has 0 aliphatic rings. The molecule has 0 unspecified atom stereocenters. The fraction of sp³-hybridized carbons (Fsp3) is 0.140. The Hall–Kier alpha value is -7.71. The monoisotopic (exact) mass is 900 g/mol. The first-order valence-electron chi connectivity index (χ1n) is 18.5. The van der Waals surface area contributed by atoms with Crippen LogP contribution >= 0.6 is 0 Å². The fourth-order valence-corrected chi connectivity index (χ4v) is 5.91. The lowest BCUT2D eigenvalue weighted by atomic mass is 10.1. The van der Waals surface area contributed by atoms with Gasteiger partial charge in [0.05, 0.1) is 29.6 Å². The van der Waals surface area contributed by atoms with Crippen LogP contribution in [0.5, 0.6) is 29.3 Å². The maximum absolute atomic E-state index is 14.3. The molecular formula is C43H30F10N6O5. The van der Waals surface area contributed by atoms with Gasteiger partial charge in [-0.05, 0) is 79.7 Å². The number of pyridine rings is 2. The van der Waals surface area contributed by atoms with Crippen molar-refractivity contribution in [1.29, 1.82) is 0 Å². The van der Waals surface area contributed by atoms with Crippen molar-refractivity contribution < 1.29 is 62.9 Å². The van der Waals surface area contributed by atoms with E-state index in [9.17, 15) is 53.5 Å². The average molecular weight is 901 g/mol. The summed E-state index contributed by atoms with van der Waals surface area (Å²) in [5.74, 6) is -5.50. The van der Waals surface area contributed by atoms with Crippen molar-refractivity contribution >= 4 is 22.5 Å². The summed E-state index contributed by atoms with van der Waals surface area (Å²) in [6, 6.07) is 17.6. The van der Waals surface area contributed by atoms with E-state index in [2.05, 4.69) is 20.3 Å². The van der Waals surface area contributed by atoms with Gasteiger partial charge in [-0.15, -0.1) is 0 Å². The summed E-state index contributed by atoms with van der Waals surface area (Å²) in [5.41, 5.74) is 3.05. The van der Waals surface area contributed by atoms with Crippen molar-refractivity contribution in [3.63, 3.8) is 0 Å². The predicted molar refractivity (Wildman–Crippen MR) is 210 cm³/mol. The summed E-state index contributed by atoms with van der Waals surface area (Å²) in [5, 5.41) is 2.78. The van der Waals surface area contributed by atoms with Crippen molar-refractivity contribution in [3.05, 3.63) is 171 Å². The number of ether oxygens (including phenoxy) is 3. The second-order valence-corrected chi connectivity index (χ2v) is 13.2. The Balaban J connectivity index is 0.000000214. The molecule has 3 aromatic heterocycles. The zero-order chi connectivity index (χ0) is 46.3. The van der Waals surface area contributed by atoms with Gasteiger partial charge in [-0.1, -0.05) is 12.1 Å². The van der Waals surface area contributed by atoms with Crippen molar-refractivity contribution in [2.45, 2.75) is 32.4 Å². The standard InChI is InChI=1S/C23H16F5N3O3.C20H14F5N3O2/c1-2-33-22-30-20(32)16-11-15(34-21-17(23(26,27)28)4-3-9-29-21)7-8-19(16)31(22)12-13-5-6-14(24)10-18(13)25;21-12-4-3-11(16(22)8-12)10-28-17-6-5-13(9-14(17)18(26)29)30-19-15(20(23,24)25)2-1-7-27-19/h3-11H,2,12H2,1H3;1-9,28H,10H2,(H2,26,29). The van der Waals surface area contributed by atoms with E-state index in [-0.39, 0.29) is 70.5 Å². The summed E-state index contributed by atoms with van der Waals surface area (Å²) >= 11 is 0. The molecule has 1 amide bonds. The van der Waals surface area contributed by atoms with Gasteiger partial charge in [0.2, 0.25) is 11.8 Å². The summed E-state index contributed by atoms with van der Waals surface area (Å²) < 4.78 is 151. The van der Waals surface area contributed by atoms with Gasteiger partial charge in [-0.2, -0.15) is 31.3 Å². The smallest absolute Gasteiger partial charge is 0.421 e. The number of anilines is 1. The first kappa shape index (κ1) is 45.8. The molecule has 0 bridgehead atoms. The van der Waals surface area contributed by atoms with E-state index >= 15 is 0 Å². The van der Waals surface area contributed by atoms with E-state index in [1.54, 1.807) is 6.92 Å². The van der Waals surface area contributed by atoms with E-state index in [0.717, 1.165) is 60.9 Å². The highest BCUT2D eigenvalue weighted by Crippen LogP contribution is 2.38. The zero-order valence-electron chi connectivity index (χ0n) is 32.7. The zero-order valence-corrected chi connectivity index (χ0v) is 32.7. The number of nitrogens with one attached hydrogen (secondary N) is 1. The van der Waals surface area contributed by atoms with Gasteiger partial charge in [-0.3, -0.25) is 14.2 Å². The molecule has 0 aliphatic heterocycles. The number of primary amides is 1. The van der Waals surface area contributed by atoms with E-state index < -0.39 is 70.0 Å². The van der Waals surface area contributed by atoms with Crippen LogP contribution < -0.4 is 30.8 Å². The fourth-order valence-electron chi connectivity index (χ4n) is 5.91. The minimum Gasteiger partial charge on any atom is -0.465 e. The third-order valence-corrected chi connectivity index (χ3v) is 8.86. The van der Waals surface area contributed by atoms with Gasteiger partial charge in [0.1, 0.15) is 45.9 Å². The molecule has 4 aromatic carbocycles. The number of hydrogen-bond donors (Lipinski definition) is 2. The molecule has 3 heterocycles. The average Bonchev–Trinajstić information content (AvgIpc) is 3.23. The van der Waals surface area contributed by atoms with Crippen LogP contribution in [-0.2, 0) is 25.4 Å². The molecular weight excluding hydrogens is 870 g/mol. The normalized spacial score (nSPS) is 11.4. The minimum atomic E-state index is -4.69. The van der Waals surface area contributed by atoms with Gasteiger partial charge in [0, 0.05) is 47.9 Å².